The van der Waals surface area contributed by atoms with Crippen molar-refractivity contribution in [2.45, 2.75) is 33.2 Å². The van der Waals surface area contributed by atoms with Crippen molar-refractivity contribution in [2.24, 2.45) is 5.73 Å². The quantitative estimate of drug-likeness (QED) is 0.799. The molecular weight excluding hydrogens is 239 g/mol. The molecule has 0 aliphatic heterocycles. The SMILES string of the molecule is CCCCN(CC)Cc1ccc(F)c(C#CCN)c1. The Hall–Kier alpha value is -1.37. The van der Waals surface area contributed by atoms with E-state index in [4.69, 9.17) is 5.73 Å². The maximum Gasteiger partial charge on any atom is 0.138 e. The van der Waals surface area contributed by atoms with Crippen LogP contribution in [0, 0.1) is 17.7 Å². The van der Waals surface area contributed by atoms with Gasteiger partial charge >= 0.3 is 0 Å². The molecule has 0 heterocycles. The van der Waals surface area contributed by atoms with Gasteiger partial charge in [-0.2, -0.15) is 0 Å². The molecule has 0 aliphatic rings. The summed E-state index contributed by atoms with van der Waals surface area (Å²) in [5.41, 5.74) is 6.85. The largest absolute Gasteiger partial charge is 0.320 e. The molecule has 0 atom stereocenters. The van der Waals surface area contributed by atoms with Gasteiger partial charge in [0.2, 0.25) is 0 Å². The second-order valence-corrected chi connectivity index (χ2v) is 4.54. The normalized spacial score (nSPS) is 10.4. The second-order valence-electron chi connectivity index (χ2n) is 4.54. The molecule has 2 N–H and O–H groups in total. The predicted molar refractivity (Wildman–Crippen MR) is 78.2 cm³/mol. The number of halogens is 1. The number of hydrogen-bond donors (Lipinski definition) is 1. The average Bonchev–Trinajstić information content (AvgIpc) is 2.43. The summed E-state index contributed by atoms with van der Waals surface area (Å²) in [4.78, 5) is 2.36. The molecule has 0 fully saturated rings. The highest BCUT2D eigenvalue weighted by molar-refractivity contribution is 5.38. The number of unbranched alkanes of at least 4 members (excludes halogenated alkanes) is 1. The number of hydrogen-bond acceptors (Lipinski definition) is 2. The van der Waals surface area contributed by atoms with Crippen LogP contribution in [-0.4, -0.2) is 24.5 Å². The Kier molecular flexibility index (Phi) is 7.17. The second kappa shape index (κ2) is 8.68. The minimum Gasteiger partial charge on any atom is -0.320 e. The van der Waals surface area contributed by atoms with Crippen LogP contribution in [0.2, 0.25) is 0 Å². The van der Waals surface area contributed by atoms with Crippen LogP contribution >= 0.6 is 0 Å². The van der Waals surface area contributed by atoms with Gasteiger partial charge in [0.05, 0.1) is 12.1 Å². The van der Waals surface area contributed by atoms with Gasteiger partial charge in [0.15, 0.2) is 0 Å². The summed E-state index contributed by atoms with van der Waals surface area (Å²) in [6.07, 6.45) is 2.38. The Morgan fingerprint density at radius 3 is 2.74 bits per heavy atom. The maximum atomic E-state index is 13.6. The Morgan fingerprint density at radius 1 is 1.32 bits per heavy atom. The van der Waals surface area contributed by atoms with Crippen molar-refractivity contribution in [3.05, 3.63) is 35.1 Å². The van der Waals surface area contributed by atoms with E-state index < -0.39 is 0 Å². The van der Waals surface area contributed by atoms with E-state index in [-0.39, 0.29) is 12.4 Å². The smallest absolute Gasteiger partial charge is 0.138 e. The zero-order chi connectivity index (χ0) is 14.1. The fraction of sp³-hybridized carbons (Fsp3) is 0.500. The first-order valence-corrected chi connectivity index (χ1v) is 6.91. The van der Waals surface area contributed by atoms with Crippen LogP contribution in [0.4, 0.5) is 4.39 Å². The van der Waals surface area contributed by atoms with Gasteiger partial charge in [-0.25, -0.2) is 4.39 Å². The van der Waals surface area contributed by atoms with E-state index in [2.05, 4.69) is 30.6 Å². The molecule has 104 valence electrons. The zero-order valence-electron chi connectivity index (χ0n) is 11.9. The van der Waals surface area contributed by atoms with Gasteiger partial charge in [-0.3, -0.25) is 4.90 Å². The minimum absolute atomic E-state index is 0.251. The van der Waals surface area contributed by atoms with Gasteiger partial charge in [0.1, 0.15) is 5.82 Å². The lowest BCUT2D eigenvalue weighted by Crippen LogP contribution is -2.24. The van der Waals surface area contributed by atoms with Crippen molar-refractivity contribution in [3.8, 4) is 11.8 Å². The summed E-state index contributed by atoms with van der Waals surface area (Å²) >= 11 is 0. The summed E-state index contributed by atoms with van der Waals surface area (Å²) in [5, 5.41) is 0. The van der Waals surface area contributed by atoms with E-state index in [1.807, 2.05) is 12.1 Å². The first kappa shape index (κ1) is 15.7. The van der Waals surface area contributed by atoms with E-state index in [1.165, 1.54) is 18.9 Å². The van der Waals surface area contributed by atoms with Crippen molar-refractivity contribution in [1.29, 1.82) is 0 Å². The third-order valence-electron chi connectivity index (χ3n) is 3.04. The van der Waals surface area contributed by atoms with Crippen LogP contribution in [-0.2, 0) is 6.54 Å². The summed E-state index contributed by atoms with van der Waals surface area (Å²) < 4.78 is 13.6. The highest BCUT2D eigenvalue weighted by atomic mass is 19.1. The summed E-state index contributed by atoms with van der Waals surface area (Å²) in [6, 6.07) is 5.15. The lowest BCUT2D eigenvalue weighted by atomic mass is 10.1. The highest BCUT2D eigenvalue weighted by Gasteiger charge is 2.06. The Bertz CT molecular complexity index is 446. The zero-order valence-corrected chi connectivity index (χ0v) is 11.9. The summed E-state index contributed by atoms with van der Waals surface area (Å²) in [5.74, 6) is 5.20. The Balaban J connectivity index is 2.77. The van der Waals surface area contributed by atoms with E-state index >= 15 is 0 Å². The van der Waals surface area contributed by atoms with Crippen LogP contribution in [0.5, 0.6) is 0 Å². The van der Waals surface area contributed by atoms with Gasteiger partial charge < -0.3 is 5.73 Å². The average molecular weight is 262 g/mol. The van der Waals surface area contributed by atoms with E-state index in [9.17, 15) is 4.39 Å². The lowest BCUT2D eigenvalue weighted by molar-refractivity contribution is 0.275. The third-order valence-corrected chi connectivity index (χ3v) is 3.04. The van der Waals surface area contributed by atoms with E-state index in [0.29, 0.717) is 5.56 Å². The molecule has 19 heavy (non-hydrogen) atoms. The highest BCUT2D eigenvalue weighted by Crippen LogP contribution is 2.12. The van der Waals surface area contributed by atoms with E-state index in [1.54, 1.807) is 0 Å². The van der Waals surface area contributed by atoms with Gasteiger partial charge in [-0.1, -0.05) is 38.2 Å². The molecule has 0 spiro atoms. The molecule has 2 nitrogen and oxygen atoms in total. The van der Waals surface area contributed by atoms with Gasteiger partial charge in [-0.05, 0) is 37.2 Å². The molecule has 3 heteroatoms. The number of nitrogens with zero attached hydrogens (tertiary/aromatic N) is 1. The molecule has 0 radical (unpaired) electrons. The maximum absolute atomic E-state index is 13.6. The first-order chi connectivity index (χ1) is 9.21. The van der Waals surface area contributed by atoms with Gasteiger partial charge in [0, 0.05) is 6.54 Å². The third kappa shape index (κ3) is 5.42. The van der Waals surface area contributed by atoms with Crippen molar-refractivity contribution in [2.75, 3.05) is 19.6 Å². The molecule has 1 aromatic carbocycles. The lowest BCUT2D eigenvalue weighted by Gasteiger charge is -2.20. The fourth-order valence-corrected chi connectivity index (χ4v) is 1.90. The van der Waals surface area contributed by atoms with Gasteiger partial charge in [0.25, 0.3) is 0 Å². The molecule has 1 aromatic rings. The molecule has 0 aliphatic carbocycles. The van der Waals surface area contributed by atoms with Crippen molar-refractivity contribution in [1.82, 2.24) is 4.90 Å². The first-order valence-electron chi connectivity index (χ1n) is 6.91. The molecule has 0 unspecified atom stereocenters. The fourth-order valence-electron chi connectivity index (χ4n) is 1.90. The topological polar surface area (TPSA) is 29.3 Å². The molecule has 0 saturated carbocycles. The van der Waals surface area contributed by atoms with Crippen molar-refractivity contribution >= 4 is 0 Å². The molecule has 0 saturated heterocycles. The Morgan fingerprint density at radius 2 is 2.11 bits per heavy atom. The van der Waals surface area contributed by atoms with Crippen LogP contribution in [0.15, 0.2) is 18.2 Å². The number of rotatable bonds is 6. The van der Waals surface area contributed by atoms with Crippen LogP contribution in [0.3, 0.4) is 0 Å². The molecule has 0 bridgehead atoms. The van der Waals surface area contributed by atoms with Crippen LogP contribution in [0.1, 0.15) is 37.8 Å². The molecule has 0 aromatic heterocycles. The number of nitrogens with two attached hydrogens (primary N) is 1. The van der Waals surface area contributed by atoms with Crippen molar-refractivity contribution < 1.29 is 4.39 Å². The Labute approximate surface area is 115 Å². The monoisotopic (exact) mass is 262 g/mol. The molecular formula is C16H23FN2. The van der Waals surface area contributed by atoms with Crippen LogP contribution in [0.25, 0.3) is 0 Å². The van der Waals surface area contributed by atoms with E-state index in [0.717, 1.165) is 25.2 Å². The summed E-state index contributed by atoms with van der Waals surface area (Å²) in [7, 11) is 0. The van der Waals surface area contributed by atoms with Crippen molar-refractivity contribution in [3.63, 3.8) is 0 Å². The van der Waals surface area contributed by atoms with Crippen LogP contribution < -0.4 is 5.73 Å². The molecule has 1 rings (SSSR count). The molecule has 0 amide bonds. The standard InChI is InChI=1S/C16H23FN2/c1-3-5-11-19(4-2)13-14-8-9-16(17)15(12-14)7-6-10-18/h8-9,12H,3-5,10-11,13,18H2,1-2H3. The summed E-state index contributed by atoms with van der Waals surface area (Å²) in [6.45, 7) is 7.51. The number of benzene rings is 1. The van der Waals surface area contributed by atoms with Gasteiger partial charge in [-0.15, -0.1) is 0 Å². The minimum atomic E-state index is -0.277. The predicted octanol–water partition coefficient (Wildman–Crippen LogP) is 2.76.